The van der Waals surface area contributed by atoms with E-state index in [4.69, 9.17) is 14.6 Å². The zero-order valence-electron chi connectivity index (χ0n) is 16.8. The van der Waals surface area contributed by atoms with Crippen molar-refractivity contribution in [3.8, 4) is 17.1 Å². The predicted molar refractivity (Wildman–Crippen MR) is 109 cm³/mol. The van der Waals surface area contributed by atoms with Gasteiger partial charge < -0.3 is 14.6 Å². The minimum absolute atomic E-state index is 0.0432. The predicted octanol–water partition coefficient (Wildman–Crippen LogP) is 3.19. The van der Waals surface area contributed by atoms with Crippen LogP contribution < -0.4 is 4.74 Å². The van der Waals surface area contributed by atoms with E-state index in [1.165, 1.54) is 5.56 Å². The first-order valence-electron chi connectivity index (χ1n) is 10.1. The molecule has 3 N–H and O–H groups in total. The average molecular weight is 411 g/mol. The third-order valence-electron chi connectivity index (χ3n) is 5.57. The molecule has 1 saturated carbocycles. The van der Waals surface area contributed by atoms with Crippen molar-refractivity contribution in [3.05, 3.63) is 47.3 Å². The maximum Gasteiger partial charge on any atom is 0.359 e. The first-order valence-corrected chi connectivity index (χ1v) is 10.1. The standard InChI is InChI=1S/C21H25N5O4/c1-29-11-10-16-12-18(23-22-16)15-4-2-13(3-5-15)14-6-8-17(9-7-14)30-20-19(21(27)28)24-26-25-20/h2-5,12,14,17H,6-11H2,1H3,(H,22,23)(H,27,28)(H,24,25,26). The van der Waals surface area contributed by atoms with Crippen molar-refractivity contribution < 1.29 is 19.4 Å². The van der Waals surface area contributed by atoms with Crippen molar-refractivity contribution >= 4 is 5.97 Å². The Morgan fingerprint density at radius 2 is 1.93 bits per heavy atom. The maximum absolute atomic E-state index is 11.1. The number of carboxylic acids is 1. The number of aromatic carboxylic acids is 1. The molecule has 1 aromatic carbocycles. The van der Waals surface area contributed by atoms with Crippen molar-refractivity contribution in [2.45, 2.75) is 44.1 Å². The monoisotopic (exact) mass is 411 g/mol. The minimum Gasteiger partial charge on any atom is -0.476 e. The summed E-state index contributed by atoms with van der Waals surface area (Å²) in [6.45, 7) is 0.668. The average Bonchev–Trinajstić information content (AvgIpc) is 3.43. The highest BCUT2D eigenvalue weighted by atomic mass is 16.5. The zero-order valence-corrected chi connectivity index (χ0v) is 16.8. The van der Waals surface area contributed by atoms with E-state index >= 15 is 0 Å². The van der Waals surface area contributed by atoms with Gasteiger partial charge >= 0.3 is 5.97 Å². The summed E-state index contributed by atoms with van der Waals surface area (Å²) in [6.07, 6.45) is 4.43. The van der Waals surface area contributed by atoms with Crippen LogP contribution in [0.25, 0.3) is 11.3 Å². The number of nitrogens with zero attached hydrogens (tertiary/aromatic N) is 3. The Bertz CT molecular complexity index is 973. The molecule has 0 saturated heterocycles. The van der Waals surface area contributed by atoms with Gasteiger partial charge in [-0.1, -0.05) is 34.6 Å². The first kappa shape index (κ1) is 20.1. The first-order chi connectivity index (χ1) is 14.6. The number of methoxy groups -OCH3 is 1. The Labute approximate surface area is 173 Å². The fourth-order valence-electron chi connectivity index (χ4n) is 3.89. The van der Waals surface area contributed by atoms with Gasteiger partial charge in [0.1, 0.15) is 6.10 Å². The van der Waals surface area contributed by atoms with Gasteiger partial charge in [0.25, 0.3) is 5.88 Å². The highest BCUT2D eigenvalue weighted by molar-refractivity contribution is 5.87. The Morgan fingerprint density at radius 1 is 1.17 bits per heavy atom. The molecule has 1 aliphatic carbocycles. The lowest BCUT2D eigenvalue weighted by Gasteiger charge is -2.28. The molecule has 0 bridgehead atoms. The number of aromatic amines is 2. The lowest BCUT2D eigenvalue weighted by Crippen LogP contribution is -2.24. The van der Waals surface area contributed by atoms with E-state index in [9.17, 15) is 4.79 Å². The number of aromatic nitrogens is 5. The summed E-state index contributed by atoms with van der Waals surface area (Å²) >= 11 is 0. The lowest BCUT2D eigenvalue weighted by molar-refractivity contribution is 0.0678. The summed E-state index contributed by atoms with van der Waals surface area (Å²) < 4.78 is 10.9. The van der Waals surface area contributed by atoms with Crippen molar-refractivity contribution in [2.24, 2.45) is 0 Å². The van der Waals surface area contributed by atoms with Gasteiger partial charge in [0.05, 0.1) is 12.3 Å². The summed E-state index contributed by atoms with van der Waals surface area (Å²) in [5, 5.41) is 26.2. The third kappa shape index (κ3) is 4.51. The largest absolute Gasteiger partial charge is 0.476 e. The van der Waals surface area contributed by atoms with Gasteiger partial charge in [0.2, 0.25) is 5.69 Å². The minimum atomic E-state index is -1.12. The van der Waals surface area contributed by atoms with Gasteiger partial charge in [-0.25, -0.2) is 9.89 Å². The molecule has 0 spiro atoms. The summed E-state index contributed by atoms with van der Waals surface area (Å²) in [6, 6.07) is 10.6. The van der Waals surface area contributed by atoms with Crippen molar-refractivity contribution in [2.75, 3.05) is 13.7 Å². The highest BCUT2D eigenvalue weighted by Gasteiger charge is 2.26. The SMILES string of the molecule is COCCc1cc(-c2ccc(C3CCC(Oc4nn[nH]c4C(=O)O)CC3)cc2)n[nH]1. The van der Waals surface area contributed by atoms with Crippen LogP contribution in [-0.4, -0.2) is 56.5 Å². The summed E-state index contributed by atoms with van der Waals surface area (Å²) in [5.41, 5.74) is 4.29. The van der Waals surface area contributed by atoms with Crippen LogP contribution >= 0.6 is 0 Å². The molecule has 2 aromatic heterocycles. The molecule has 0 aliphatic heterocycles. The smallest absolute Gasteiger partial charge is 0.359 e. The van der Waals surface area contributed by atoms with E-state index in [2.05, 4.69) is 55.9 Å². The Morgan fingerprint density at radius 3 is 2.63 bits per heavy atom. The molecule has 0 amide bonds. The van der Waals surface area contributed by atoms with Crippen molar-refractivity contribution in [1.82, 2.24) is 25.6 Å². The van der Waals surface area contributed by atoms with Crippen LogP contribution in [0.4, 0.5) is 0 Å². The summed E-state index contributed by atoms with van der Waals surface area (Å²) in [5.74, 6) is -0.586. The lowest BCUT2D eigenvalue weighted by atomic mass is 9.82. The molecule has 0 unspecified atom stereocenters. The van der Waals surface area contributed by atoms with Crippen LogP contribution in [0, 0.1) is 0 Å². The van der Waals surface area contributed by atoms with Crippen LogP contribution in [0.2, 0.25) is 0 Å². The van der Waals surface area contributed by atoms with Crippen LogP contribution in [0.5, 0.6) is 5.88 Å². The van der Waals surface area contributed by atoms with Crippen LogP contribution in [0.3, 0.4) is 0 Å². The number of H-pyrrole nitrogens is 2. The number of rotatable bonds is 8. The molecule has 0 atom stereocenters. The normalized spacial score (nSPS) is 19.0. The van der Waals surface area contributed by atoms with Crippen LogP contribution in [0.15, 0.2) is 30.3 Å². The molecule has 158 valence electrons. The van der Waals surface area contributed by atoms with Gasteiger partial charge in [-0.15, -0.1) is 0 Å². The number of carboxylic acid groups (broad SMARTS) is 1. The van der Waals surface area contributed by atoms with Crippen molar-refractivity contribution in [3.63, 3.8) is 0 Å². The zero-order chi connectivity index (χ0) is 20.9. The third-order valence-corrected chi connectivity index (χ3v) is 5.57. The number of hydrogen-bond acceptors (Lipinski definition) is 6. The van der Waals surface area contributed by atoms with E-state index in [1.807, 2.05) is 0 Å². The Hall–Kier alpha value is -3.20. The fraction of sp³-hybridized carbons (Fsp3) is 0.429. The van der Waals surface area contributed by atoms with Gasteiger partial charge in [-0.05, 0) is 43.2 Å². The van der Waals surface area contributed by atoms with E-state index in [0.29, 0.717) is 12.5 Å². The molecule has 4 rings (SSSR count). The quantitative estimate of drug-likeness (QED) is 0.520. The maximum atomic E-state index is 11.1. The molecular formula is C21H25N5O4. The molecule has 1 aliphatic rings. The van der Waals surface area contributed by atoms with E-state index in [-0.39, 0.29) is 17.7 Å². The summed E-state index contributed by atoms with van der Waals surface area (Å²) in [4.78, 5) is 11.1. The molecule has 9 heteroatoms. The Kier molecular flexibility index (Phi) is 6.08. The summed E-state index contributed by atoms with van der Waals surface area (Å²) in [7, 11) is 1.69. The van der Waals surface area contributed by atoms with Gasteiger partial charge in [-0.3, -0.25) is 5.10 Å². The number of ether oxygens (including phenoxy) is 2. The molecule has 9 nitrogen and oxygen atoms in total. The van der Waals surface area contributed by atoms with E-state index in [1.54, 1.807) is 7.11 Å². The molecule has 30 heavy (non-hydrogen) atoms. The number of hydrogen-bond donors (Lipinski definition) is 3. The molecule has 1 fully saturated rings. The molecule has 3 aromatic rings. The van der Waals surface area contributed by atoms with Gasteiger partial charge in [0, 0.05) is 24.8 Å². The van der Waals surface area contributed by atoms with Gasteiger partial charge in [0.15, 0.2) is 0 Å². The number of benzene rings is 1. The fourth-order valence-corrected chi connectivity index (χ4v) is 3.89. The van der Waals surface area contributed by atoms with Crippen molar-refractivity contribution in [1.29, 1.82) is 0 Å². The molecular weight excluding hydrogens is 386 g/mol. The molecule has 2 heterocycles. The van der Waals surface area contributed by atoms with Crippen LogP contribution in [0.1, 0.15) is 53.3 Å². The number of carbonyl (C=O) groups is 1. The van der Waals surface area contributed by atoms with Gasteiger partial charge in [-0.2, -0.15) is 5.10 Å². The second-order valence-corrected chi connectivity index (χ2v) is 7.53. The van der Waals surface area contributed by atoms with E-state index in [0.717, 1.165) is 49.1 Å². The van der Waals surface area contributed by atoms with E-state index < -0.39 is 5.97 Å². The highest BCUT2D eigenvalue weighted by Crippen LogP contribution is 2.35. The number of nitrogens with one attached hydrogen (secondary N) is 2. The molecule has 0 radical (unpaired) electrons. The van der Waals surface area contributed by atoms with Crippen LogP contribution in [-0.2, 0) is 11.2 Å². The Balaban J connectivity index is 1.33. The topological polar surface area (TPSA) is 126 Å². The second kappa shape index (κ2) is 9.08. The second-order valence-electron chi connectivity index (χ2n) is 7.53.